The molecule has 1 atom stereocenters. The largest absolute Gasteiger partial charge is 0.369 e. The van der Waals surface area contributed by atoms with Crippen LogP contribution < -0.4 is 5.32 Å². The SMILES string of the molecule is OC(Cl)(c1n[nH]c2ccncc12)C1CNC1. The van der Waals surface area contributed by atoms with Crippen molar-refractivity contribution in [2.45, 2.75) is 5.06 Å². The number of hydrogen-bond acceptors (Lipinski definition) is 4. The maximum Gasteiger partial charge on any atom is 0.189 e. The summed E-state index contributed by atoms with van der Waals surface area (Å²) in [5, 5.41) is 19.7. The average molecular weight is 239 g/mol. The molecule has 0 radical (unpaired) electrons. The second kappa shape index (κ2) is 3.41. The molecule has 1 aliphatic rings. The second-order valence-electron chi connectivity index (χ2n) is 4.02. The molecule has 1 saturated heterocycles. The average Bonchev–Trinajstić information content (AvgIpc) is 2.57. The molecule has 2 aromatic heterocycles. The summed E-state index contributed by atoms with van der Waals surface area (Å²) in [6.07, 6.45) is 3.33. The summed E-state index contributed by atoms with van der Waals surface area (Å²) in [6, 6.07) is 1.80. The Morgan fingerprint density at radius 1 is 1.50 bits per heavy atom. The lowest BCUT2D eigenvalue weighted by Gasteiger charge is -2.36. The van der Waals surface area contributed by atoms with Gasteiger partial charge in [-0.05, 0) is 6.07 Å². The Hall–Kier alpha value is -1.17. The highest BCUT2D eigenvalue weighted by Gasteiger charge is 2.43. The summed E-state index contributed by atoms with van der Waals surface area (Å²) in [4.78, 5) is 4.02. The van der Waals surface area contributed by atoms with Gasteiger partial charge in [0, 0.05) is 36.8 Å². The number of fused-ring (bicyclic) bond motifs is 1. The molecule has 3 heterocycles. The molecule has 1 fully saturated rings. The van der Waals surface area contributed by atoms with E-state index in [4.69, 9.17) is 11.6 Å². The van der Waals surface area contributed by atoms with Gasteiger partial charge in [0.1, 0.15) is 5.69 Å². The monoisotopic (exact) mass is 238 g/mol. The van der Waals surface area contributed by atoms with E-state index < -0.39 is 5.06 Å². The number of aromatic amines is 1. The quantitative estimate of drug-likeness (QED) is 0.669. The Morgan fingerprint density at radius 2 is 2.31 bits per heavy atom. The molecular weight excluding hydrogens is 228 g/mol. The smallest absolute Gasteiger partial charge is 0.189 e. The molecule has 1 unspecified atom stereocenters. The number of pyridine rings is 1. The standard InChI is InChI=1S/C10H11ClN4O/c11-10(16,6-3-13-4-6)9-7-5-12-2-1-8(7)14-15-9/h1-2,5-6,13,16H,3-4H2,(H,14,15). The molecule has 0 spiro atoms. The molecule has 3 N–H and O–H groups in total. The van der Waals surface area contributed by atoms with Crippen molar-refractivity contribution in [2.24, 2.45) is 5.92 Å². The lowest BCUT2D eigenvalue weighted by molar-refractivity contribution is 0.0307. The zero-order valence-corrected chi connectivity index (χ0v) is 9.20. The minimum absolute atomic E-state index is 0.0131. The first-order valence-corrected chi connectivity index (χ1v) is 5.48. The van der Waals surface area contributed by atoms with Gasteiger partial charge in [-0.3, -0.25) is 10.1 Å². The maximum atomic E-state index is 10.3. The number of aliphatic hydroxyl groups is 1. The summed E-state index contributed by atoms with van der Waals surface area (Å²) in [7, 11) is 0. The van der Waals surface area contributed by atoms with E-state index in [0.29, 0.717) is 18.8 Å². The van der Waals surface area contributed by atoms with Crippen molar-refractivity contribution in [3.63, 3.8) is 0 Å². The van der Waals surface area contributed by atoms with Crippen molar-refractivity contribution in [2.75, 3.05) is 13.1 Å². The Bertz CT molecular complexity index is 520. The third-order valence-corrected chi connectivity index (χ3v) is 3.51. The van der Waals surface area contributed by atoms with Crippen molar-refractivity contribution < 1.29 is 5.11 Å². The molecule has 0 aliphatic carbocycles. The van der Waals surface area contributed by atoms with Crippen molar-refractivity contribution >= 4 is 22.5 Å². The fraction of sp³-hybridized carbons (Fsp3) is 0.400. The number of rotatable bonds is 2. The number of halogens is 1. The number of H-pyrrole nitrogens is 1. The molecule has 0 bridgehead atoms. The number of nitrogens with one attached hydrogen (secondary N) is 2. The van der Waals surface area contributed by atoms with Crippen LogP contribution >= 0.6 is 11.6 Å². The summed E-state index contributed by atoms with van der Waals surface area (Å²) in [5.41, 5.74) is 1.29. The minimum atomic E-state index is -1.42. The topological polar surface area (TPSA) is 73.8 Å². The van der Waals surface area contributed by atoms with Gasteiger partial charge in [-0.2, -0.15) is 5.10 Å². The molecule has 3 rings (SSSR count). The van der Waals surface area contributed by atoms with Crippen LogP contribution in [0, 0.1) is 5.92 Å². The zero-order valence-electron chi connectivity index (χ0n) is 8.44. The highest BCUT2D eigenvalue weighted by Crippen LogP contribution is 2.38. The first-order valence-electron chi connectivity index (χ1n) is 5.10. The number of hydrogen-bond donors (Lipinski definition) is 3. The van der Waals surface area contributed by atoms with E-state index in [-0.39, 0.29) is 5.92 Å². The zero-order chi connectivity index (χ0) is 11.2. The van der Waals surface area contributed by atoms with E-state index >= 15 is 0 Å². The van der Waals surface area contributed by atoms with Crippen LogP contribution in [-0.2, 0) is 5.06 Å². The summed E-state index contributed by atoms with van der Waals surface area (Å²) < 4.78 is 0. The highest BCUT2D eigenvalue weighted by atomic mass is 35.5. The van der Waals surface area contributed by atoms with Crippen LogP contribution in [0.5, 0.6) is 0 Å². The van der Waals surface area contributed by atoms with Gasteiger partial charge in [-0.1, -0.05) is 11.6 Å². The predicted octanol–water partition coefficient (Wildman–Crippen LogP) is 0.561. The van der Waals surface area contributed by atoms with Crippen molar-refractivity contribution in [1.29, 1.82) is 0 Å². The van der Waals surface area contributed by atoms with Crippen molar-refractivity contribution in [3.05, 3.63) is 24.2 Å². The summed E-state index contributed by atoms with van der Waals surface area (Å²) in [6.45, 7) is 1.41. The van der Waals surface area contributed by atoms with Gasteiger partial charge in [-0.25, -0.2) is 0 Å². The molecule has 5 nitrogen and oxygen atoms in total. The van der Waals surface area contributed by atoms with Gasteiger partial charge >= 0.3 is 0 Å². The van der Waals surface area contributed by atoms with Gasteiger partial charge in [-0.15, -0.1) is 0 Å². The molecule has 16 heavy (non-hydrogen) atoms. The van der Waals surface area contributed by atoms with Crippen molar-refractivity contribution in [1.82, 2.24) is 20.5 Å². The normalized spacial score (nSPS) is 20.6. The van der Waals surface area contributed by atoms with Gasteiger partial charge in [0.05, 0.1) is 5.52 Å². The summed E-state index contributed by atoms with van der Waals surface area (Å²) in [5.74, 6) is -0.0131. The fourth-order valence-corrected chi connectivity index (χ4v) is 2.18. The first kappa shape index (κ1) is 10.0. The first-order chi connectivity index (χ1) is 7.69. The Balaban J connectivity index is 2.11. The van der Waals surface area contributed by atoms with E-state index in [9.17, 15) is 5.11 Å². The number of aromatic nitrogens is 3. The van der Waals surface area contributed by atoms with Gasteiger partial charge < -0.3 is 10.4 Å². The van der Waals surface area contributed by atoms with Crippen LogP contribution in [0.1, 0.15) is 5.69 Å². The van der Waals surface area contributed by atoms with Crippen molar-refractivity contribution in [3.8, 4) is 0 Å². The van der Waals surface area contributed by atoms with Crippen LogP contribution in [-0.4, -0.2) is 33.4 Å². The second-order valence-corrected chi connectivity index (χ2v) is 4.60. The van der Waals surface area contributed by atoms with Crippen LogP contribution in [0.2, 0.25) is 0 Å². The molecule has 2 aromatic rings. The Morgan fingerprint density at radius 3 is 3.00 bits per heavy atom. The molecular formula is C10H11ClN4O. The Kier molecular flexibility index (Phi) is 2.14. The van der Waals surface area contributed by atoms with Crippen LogP contribution in [0.25, 0.3) is 10.9 Å². The van der Waals surface area contributed by atoms with Crippen LogP contribution in [0.3, 0.4) is 0 Å². The predicted molar refractivity (Wildman–Crippen MR) is 60.0 cm³/mol. The maximum absolute atomic E-state index is 10.3. The molecule has 1 aliphatic heterocycles. The third kappa shape index (κ3) is 1.32. The highest BCUT2D eigenvalue weighted by molar-refractivity contribution is 6.23. The van der Waals surface area contributed by atoms with Gasteiger partial charge in [0.15, 0.2) is 5.06 Å². The van der Waals surface area contributed by atoms with Gasteiger partial charge in [0.25, 0.3) is 0 Å². The van der Waals surface area contributed by atoms with E-state index in [2.05, 4.69) is 20.5 Å². The molecule has 0 saturated carbocycles. The summed E-state index contributed by atoms with van der Waals surface area (Å²) >= 11 is 6.19. The fourth-order valence-electron chi connectivity index (χ4n) is 1.88. The van der Waals surface area contributed by atoms with Crippen LogP contribution in [0.4, 0.5) is 0 Å². The lowest BCUT2D eigenvalue weighted by atomic mass is 9.92. The molecule has 6 heteroatoms. The third-order valence-electron chi connectivity index (χ3n) is 3.02. The lowest BCUT2D eigenvalue weighted by Crippen LogP contribution is -2.52. The molecule has 0 amide bonds. The van der Waals surface area contributed by atoms with Gasteiger partial charge in [0.2, 0.25) is 0 Å². The molecule has 84 valence electrons. The van der Waals surface area contributed by atoms with E-state index in [1.807, 2.05) is 0 Å². The molecule has 0 aromatic carbocycles. The number of nitrogens with zero attached hydrogens (tertiary/aromatic N) is 2. The van der Waals surface area contributed by atoms with E-state index in [0.717, 1.165) is 10.9 Å². The Labute approximate surface area is 96.8 Å². The van der Waals surface area contributed by atoms with E-state index in [1.165, 1.54) is 0 Å². The minimum Gasteiger partial charge on any atom is -0.369 e. The van der Waals surface area contributed by atoms with E-state index in [1.54, 1.807) is 18.5 Å². The van der Waals surface area contributed by atoms with Crippen LogP contribution in [0.15, 0.2) is 18.5 Å². The number of alkyl halides is 1.